The molecule has 5 rings (SSSR count). The fourth-order valence-electron chi connectivity index (χ4n) is 5.44. The number of aromatic amines is 1. The lowest BCUT2D eigenvalue weighted by Gasteiger charge is -2.34. The molecule has 30 heavy (non-hydrogen) atoms. The van der Waals surface area contributed by atoms with E-state index in [0.717, 1.165) is 68.2 Å². The first-order valence-electron chi connectivity index (χ1n) is 11.2. The first kappa shape index (κ1) is 19.5. The van der Waals surface area contributed by atoms with Crippen molar-refractivity contribution in [2.75, 3.05) is 20.2 Å². The second-order valence-corrected chi connectivity index (χ2v) is 8.92. The Balaban J connectivity index is 1.26. The van der Waals surface area contributed by atoms with Crippen LogP contribution in [0.25, 0.3) is 21.9 Å². The molecule has 0 radical (unpaired) electrons. The van der Waals surface area contributed by atoms with E-state index >= 15 is 0 Å². The molecule has 6 heteroatoms. The Kier molecular flexibility index (Phi) is 5.42. The molecule has 1 aliphatic heterocycles. The number of rotatable bonds is 4. The monoisotopic (exact) mass is 406 g/mol. The molecule has 1 unspecified atom stereocenters. The molecule has 2 fully saturated rings. The molecule has 0 bridgehead atoms. The number of nitrogens with zero attached hydrogens (tertiary/aromatic N) is 3. The van der Waals surface area contributed by atoms with Gasteiger partial charge >= 0.3 is 0 Å². The van der Waals surface area contributed by atoms with E-state index in [-0.39, 0.29) is 6.10 Å². The van der Waals surface area contributed by atoms with E-state index < -0.39 is 0 Å². The highest BCUT2D eigenvalue weighted by Gasteiger charge is 2.29. The summed E-state index contributed by atoms with van der Waals surface area (Å²) in [7, 11) is 1.75. The summed E-state index contributed by atoms with van der Waals surface area (Å²) >= 11 is 0. The van der Waals surface area contributed by atoms with Gasteiger partial charge in [-0.15, -0.1) is 0 Å². The highest BCUT2D eigenvalue weighted by molar-refractivity contribution is 6.05. The third kappa shape index (κ3) is 3.69. The van der Waals surface area contributed by atoms with Crippen molar-refractivity contribution in [3.63, 3.8) is 0 Å². The molecule has 0 spiro atoms. The fourth-order valence-corrected chi connectivity index (χ4v) is 5.44. The predicted molar refractivity (Wildman–Crippen MR) is 117 cm³/mol. The van der Waals surface area contributed by atoms with Crippen molar-refractivity contribution >= 4 is 27.8 Å². The van der Waals surface area contributed by atoms with Crippen LogP contribution in [0.5, 0.6) is 0 Å². The van der Waals surface area contributed by atoms with E-state index in [2.05, 4.69) is 27.1 Å². The summed E-state index contributed by atoms with van der Waals surface area (Å²) in [6.45, 7) is 1.65. The van der Waals surface area contributed by atoms with E-state index in [1.54, 1.807) is 7.11 Å². The van der Waals surface area contributed by atoms with Crippen LogP contribution >= 0.6 is 0 Å². The summed E-state index contributed by atoms with van der Waals surface area (Å²) in [6, 6.07) is 4.29. The minimum atomic E-state index is 0.207. The summed E-state index contributed by atoms with van der Waals surface area (Å²) in [5.74, 6) is 1.35. The standard InChI is InChI=1S/C24H30N4O2/c1-30-18-3-2-12-28(15-18)22(29)13-16-4-6-17(7-5-16)19-8-10-25-21-14-27-24-20(23(19)21)9-11-26-24/h8-11,14,16-18,25H,2-7,12-13,15H2,1H3. The Morgan fingerprint density at radius 2 is 2.07 bits per heavy atom. The van der Waals surface area contributed by atoms with Gasteiger partial charge in [-0.1, -0.05) is 0 Å². The number of methoxy groups -OCH3 is 1. The van der Waals surface area contributed by atoms with Crippen LogP contribution in [0.1, 0.15) is 56.4 Å². The molecule has 1 saturated heterocycles. The Morgan fingerprint density at radius 3 is 2.90 bits per heavy atom. The second kappa shape index (κ2) is 8.34. The molecule has 6 nitrogen and oxygen atoms in total. The van der Waals surface area contributed by atoms with Gasteiger partial charge in [0.1, 0.15) is 0 Å². The summed E-state index contributed by atoms with van der Waals surface area (Å²) < 4.78 is 5.48. The number of carbonyl (C=O) groups excluding carboxylic acids is 1. The molecule has 3 aromatic rings. The van der Waals surface area contributed by atoms with Gasteiger partial charge in [-0.25, -0.2) is 9.97 Å². The zero-order valence-electron chi connectivity index (χ0n) is 17.6. The highest BCUT2D eigenvalue weighted by Crippen LogP contribution is 2.40. The molecule has 1 atom stereocenters. The average Bonchev–Trinajstić information content (AvgIpc) is 3.28. The quantitative estimate of drug-likeness (QED) is 0.697. The molecule has 1 amide bonds. The first-order valence-corrected chi connectivity index (χ1v) is 11.2. The number of nitrogens with one attached hydrogen (secondary N) is 1. The third-order valence-electron chi connectivity index (χ3n) is 7.14. The predicted octanol–water partition coefficient (Wildman–Crippen LogP) is 4.41. The number of aromatic nitrogens is 3. The van der Waals surface area contributed by atoms with Gasteiger partial charge in [0.05, 0.1) is 17.8 Å². The van der Waals surface area contributed by atoms with Crippen LogP contribution < -0.4 is 0 Å². The van der Waals surface area contributed by atoms with Crippen molar-refractivity contribution in [3.05, 3.63) is 36.3 Å². The smallest absolute Gasteiger partial charge is 0.222 e. The summed E-state index contributed by atoms with van der Waals surface area (Å²) in [5, 5.41) is 2.40. The van der Waals surface area contributed by atoms with Gasteiger partial charge in [-0.2, -0.15) is 0 Å². The number of H-pyrrole nitrogens is 1. The van der Waals surface area contributed by atoms with Crippen LogP contribution in [0.2, 0.25) is 0 Å². The number of ether oxygens (including phenoxy) is 1. The average molecular weight is 407 g/mol. The number of piperidine rings is 1. The lowest BCUT2D eigenvalue weighted by Crippen LogP contribution is -2.43. The van der Waals surface area contributed by atoms with E-state index in [1.165, 1.54) is 10.9 Å². The molecule has 1 N–H and O–H groups in total. The second-order valence-electron chi connectivity index (χ2n) is 8.92. The normalized spacial score (nSPS) is 25.1. The number of pyridine rings is 2. The maximum Gasteiger partial charge on any atom is 0.222 e. The molecular weight excluding hydrogens is 376 g/mol. The van der Waals surface area contributed by atoms with Crippen LogP contribution in [-0.2, 0) is 9.53 Å². The van der Waals surface area contributed by atoms with Gasteiger partial charge in [0.15, 0.2) is 5.65 Å². The van der Waals surface area contributed by atoms with Crippen LogP contribution in [0, 0.1) is 5.92 Å². The number of hydrogen-bond donors (Lipinski definition) is 1. The summed E-state index contributed by atoms with van der Waals surface area (Å²) in [6.07, 6.45) is 13.3. The number of carbonyl (C=O) groups is 1. The molecule has 0 aromatic carbocycles. The maximum absolute atomic E-state index is 12.8. The van der Waals surface area contributed by atoms with E-state index in [4.69, 9.17) is 4.74 Å². The fraction of sp³-hybridized carbons (Fsp3) is 0.542. The van der Waals surface area contributed by atoms with Gasteiger partial charge in [-0.3, -0.25) is 4.79 Å². The van der Waals surface area contributed by atoms with Gasteiger partial charge < -0.3 is 14.6 Å². The van der Waals surface area contributed by atoms with E-state index in [1.807, 2.05) is 23.5 Å². The zero-order chi connectivity index (χ0) is 20.5. The molecule has 1 saturated carbocycles. The molecule has 2 aliphatic rings. The van der Waals surface area contributed by atoms with Gasteiger partial charge in [0.25, 0.3) is 0 Å². The largest absolute Gasteiger partial charge is 0.380 e. The molecular formula is C24H30N4O2. The minimum Gasteiger partial charge on any atom is -0.380 e. The van der Waals surface area contributed by atoms with Crippen molar-refractivity contribution in [1.29, 1.82) is 0 Å². The Bertz CT molecular complexity index is 1040. The lowest BCUT2D eigenvalue weighted by atomic mass is 9.76. The Morgan fingerprint density at radius 1 is 1.20 bits per heavy atom. The van der Waals surface area contributed by atoms with Crippen molar-refractivity contribution in [1.82, 2.24) is 19.9 Å². The number of amides is 1. The van der Waals surface area contributed by atoms with E-state index in [9.17, 15) is 4.79 Å². The summed E-state index contributed by atoms with van der Waals surface area (Å²) in [4.78, 5) is 27.0. The topological polar surface area (TPSA) is 71.1 Å². The van der Waals surface area contributed by atoms with Crippen LogP contribution in [0.3, 0.4) is 0 Å². The first-order chi connectivity index (χ1) is 14.7. The van der Waals surface area contributed by atoms with Gasteiger partial charge in [0.2, 0.25) is 5.91 Å². The Hall–Kier alpha value is -2.47. The Labute approximate surface area is 177 Å². The number of fused-ring (bicyclic) bond motifs is 3. The zero-order valence-corrected chi connectivity index (χ0v) is 17.6. The number of likely N-dealkylation sites (tertiary alicyclic amines) is 1. The van der Waals surface area contributed by atoms with Crippen molar-refractivity contribution in [2.45, 2.75) is 57.0 Å². The maximum atomic E-state index is 12.8. The van der Waals surface area contributed by atoms with Crippen molar-refractivity contribution in [2.24, 2.45) is 5.92 Å². The molecule has 1 aliphatic carbocycles. The SMILES string of the molecule is COC1CCCN(C(=O)CC2CCC(c3cc[nH]c4cnc5nccc5c34)CC2)C1. The van der Waals surface area contributed by atoms with Crippen molar-refractivity contribution < 1.29 is 9.53 Å². The van der Waals surface area contributed by atoms with Crippen LogP contribution in [0.4, 0.5) is 0 Å². The van der Waals surface area contributed by atoms with Crippen molar-refractivity contribution in [3.8, 4) is 0 Å². The molecule has 4 heterocycles. The van der Waals surface area contributed by atoms with Crippen LogP contribution in [0.15, 0.2) is 30.7 Å². The molecule has 158 valence electrons. The number of hydrogen-bond acceptors (Lipinski definition) is 4. The third-order valence-corrected chi connectivity index (χ3v) is 7.14. The highest BCUT2D eigenvalue weighted by atomic mass is 16.5. The molecule has 3 aromatic heterocycles. The van der Waals surface area contributed by atoms with Crippen LogP contribution in [-0.4, -0.2) is 52.1 Å². The van der Waals surface area contributed by atoms with Gasteiger partial charge in [0, 0.05) is 49.8 Å². The summed E-state index contributed by atoms with van der Waals surface area (Å²) in [5.41, 5.74) is 3.29. The van der Waals surface area contributed by atoms with E-state index in [0.29, 0.717) is 24.2 Å². The minimum absolute atomic E-state index is 0.207. The lowest BCUT2D eigenvalue weighted by molar-refractivity contribution is -0.136. The van der Waals surface area contributed by atoms with Gasteiger partial charge in [-0.05, 0) is 68.1 Å².